The molecule has 1 saturated carbocycles. The summed E-state index contributed by atoms with van der Waals surface area (Å²) in [5.41, 5.74) is 8.77. The van der Waals surface area contributed by atoms with Crippen LogP contribution >= 0.6 is 15.9 Å². The van der Waals surface area contributed by atoms with E-state index in [0.717, 1.165) is 28.8 Å². The summed E-state index contributed by atoms with van der Waals surface area (Å²) in [5.74, 6) is 1.76. The maximum atomic E-state index is 6.21. The zero-order valence-corrected chi connectivity index (χ0v) is 12.3. The molecule has 1 aliphatic heterocycles. The van der Waals surface area contributed by atoms with Crippen molar-refractivity contribution in [2.24, 2.45) is 5.73 Å². The Kier molecular flexibility index (Phi) is 2.83. The lowest BCUT2D eigenvalue weighted by Crippen LogP contribution is -2.33. The quantitative estimate of drug-likeness (QED) is 0.913. The van der Waals surface area contributed by atoms with E-state index in [1.807, 2.05) is 6.07 Å². The molecule has 1 aromatic carbocycles. The SMILES string of the molecule is Cc1c(Br)cc2c(c1C1(C(C)N)CC1)OCCO2. The molecule has 1 aromatic rings. The van der Waals surface area contributed by atoms with E-state index < -0.39 is 0 Å². The third-order valence-electron chi connectivity index (χ3n) is 4.19. The van der Waals surface area contributed by atoms with Gasteiger partial charge in [0.15, 0.2) is 11.5 Å². The molecular weight excluding hydrogens is 294 g/mol. The second-order valence-corrected chi connectivity index (χ2v) is 6.18. The molecule has 0 aromatic heterocycles. The van der Waals surface area contributed by atoms with Crippen LogP contribution < -0.4 is 15.2 Å². The second kappa shape index (κ2) is 4.14. The Morgan fingerprint density at radius 1 is 1.33 bits per heavy atom. The number of halogens is 1. The zero-order chi connectivity index (χ0) is 12.9. The molecule has 0 radical (unpaired) electrons. The number of benzene rings is 1. The molecule has 98 valence electrons. The number of nitrogens with two attached hydrogens (primary N) is 1. The van der Waals surface area contributed by atoms with Gasteiger partial charge in [0.05, 0.1) is 0 Å². The first kappa shape index (κ1) is 12.3. The van der Waals surface area contributed by atoms with E-state index in [4.69, 9.17) is 15.2 Å². The van der Waals surface area contributed by atoms with Crippen LogP contribution in [0.1, 0.15) is 30.9 Å². The van der Waals surface area contributed by atoms with Gasteiger partial charge in [0.25, 0.3) is 0 Å². The lowest BCUT2D eigenvalue weighted by atomic mass is 9.85. The minimum Gasteiger partial charge on any atom is -0.486 e. The van der Waals surface area contributed by atoms with Crippen LogP contribution in [0, 0.1) is 6.92 Å². The molecule has 4 heteroatoms. The van der Waals surface area contributed by atoms with Gasteiger partial charge in [-0.05, 0) is 38.3 Å². The van der Waals surface area contributed by atoms with Gasteiger partial charge < -0.3 is 15.2 Å². The molecule has 0 bridgehead atoms. The molecule has 0 amide bonds. The Labute approximate surface area is 116 Å². The van der Waals surface area contributed by atoms with Crippen LogP contribution in [0.4, 0.5) is 0 Å². The summed E-state index contributed by atoms with van der Waals surface area (Å²) in [5, 5.41) is 0. The minimum absolute atomic E-state index is 0.0820. The maximum absolute atomic E-state index is 6.21. The van der Waals surface area contributed by atoms with Crippen molar-refractivity contribution in [2.45, 2.75) is 38.1 Å². The summed E-state index contributed by atoms with van der Waals surface area (Å²) in [7, 11) is 0. The number of hydrogen-bond acceptors (Lipinski definition) is 3. The van der Waals surface area contributed by atoms with Gasteiger partial charge in [-0.3, -0.25) is 0 Å². The monoisotopic (exact) mass is 311 g/mol. The standard InChI is InChI=1S/C14H18BrNO2/c1-8-10(15)7-11-13(18-6-5-17-11)12(8)14(3-4-14)9(2)16/h7,9H,3-6,16H2,1-2H3. The Morgan fingerprint density at radius 3 is 2.61 bits per heavy atom. The second-order valence-electron chi connectivity index (χ2n) is 5.33. The molecule has 18 heavy (non-hydrogen) atoms. The van der Waals surface area contributed by atoms with Crippen LogP contribution in [0.2, 0.25) is 0 Å². The molecule has 1 atom stereocenters. The van der Waals surface area contributed by atoms with Crippen molar-refractivity contribution in [3.63, 3.8) is 0 Å². The van der Waals surface area contributed by atoms with E-state index in [9.17, 15) is 0 Å². The fraction of sp³-hybridized carbons (Fsp3) is 0.571. The molecule has 2 aliphatic rings. The normalized spacial score (nSPS) is 21.6. The summed E-state index contributed by atoms with van der Waals surface area (Å²) in [6.45, 7) is 5.45. The van der Waals surface area contributed by atoms with Crippen molar-refractivity contribution in [3.05, 3.63) is 21.7 Å². The molecule has 3 rings (SSSR count). The van der Waals surface area contributed by atoms with Crippen LogP contribution in [-0.4, -0.2) is 19.3 Å². The van der Waals surface area contributed by atoms with Gasteiger partial charge in [0.2, 0.25) is 0 Å². The lowest BCUT2D eigenvalue weighted by Gasteiger charge is -2.29. The summed E-state index contributed by atoms with van der Waals surface area (Å²) >= 11 is 3.62. The van der Waals surface area contributed by atoms with Gasteiger partial charge in [-0.1, -0.05) is 15.9 Å². The van der Waals surface area contributed by atoms with Crippen LogP contribution in [0.25, 0.3) is 0 Å². The van der Waals surface area contributed by atoms with Crippen LogP contribution in [0.3, 0.4) is 0 Å². The fourth-order valence-corrected chi connectivity index (χ4v) is 3.32. The number of rotatable bonds is 2. The molecule has 1 aliphatic carbocycles. The zero-order valence-electron chi connectivity index (χ0n) is 10.8. The van der Waals surface area contributed by atoms with Crippen LogP contribution in [0.15, 0.2) is 10.5 Å². The first-order valence-electron chi connectivity index (χ1n) is 6.41. The van der Waals surface area contributed by atoms with Gasteiger partial charge in [-0.25, -0.2) is 0 Å². The van der Waals surface area contributed by atoms with E-state index in [1.54, 1.807) is 0 Å². The smallest absolute Gasteiger partial charge is 0.165 e. The Balaban J connectivity index is 2.21. The molecular formula is C14H18BrNO2. The highest BCUT2D eigenvalue weighted by Gasteiger charge is 2.51. The predicted molar refractivity (Wildman–Crippen MR) is 74.4 cm³/mol. The summed E-state index contributed by atoms with van der Waals surface area (Å²) in [4.78, 5) is 0. The van der Waals surface area contributed by atoms with Crippen molar-refractivity contribution in [2.75, 3.05) is 13.2 Å². The highest BCUT2D eigenvalue weighted by Crippen LogP contribution is 2.57. The number of hydrogen-bond donors (Lipinski definition) is 1. The summed E-state index contributed by atoms with van der Waals surface area (Å²) < 4.78 is 12.6. The fourth-order valence-electron chi connectivity index (χ4n) is 2.91. The van der Waals surface area contributed by atoms with Crippen molar-refractivity contribution in [1.82, 2.24) is 0 Å². The topological polar surface area (TPSA) is 44.5 Å². The highest BCUT2D eigenvalue weighted by molar-refractivity contribution is 9.10. The predicted octanol–water partition coefficient (Wildman–Crippen LogP) is 2.91. The van der Waals surface area contributed by atoms with Crippen molar-refractivity contribution in [3.8, 4) is 11.5 Å². The van der Waals surface area contributed by atoms with E-state index in [0.29, 0.717) is 13.2 Å². The van der Waals surface area contributed by atoms with Gasteiger partial charge in [0, 0.05) is 21.5 Å². The summed E-state index contributed by atoms with van der Waals surface area (Å²) in [6, 6.07) is 2.14. The first-order chi connectivity index (χ1) is 8.56. The molecule has 1 unspecified atom stereocenters. The molecule has 1 fully saturated rings. The molecule has 0 spiro atoms. The Morgan fingerprint density at radius 2 is 2.00 bits per heavy atom. The molecule has 1 heterocycles. The minimum atomic E-state index is 0.0820. The molecule has 3 nitrogen and oxygen atoms in total. The molecule has 2 N–H and O–H groups in total. The van der Waals surface area contributed by atoms with Gasteiger partial charge in [0.1, 0.15) is 13.2 Å². The van der Waals surface area contributed by atoms with Gasteiger partial charge >= 0.3 is 0 Å². The van der Waals surface area contributed by atoms with E-state index in [1.165, 1.54) is 11.1 Å². The van der Waals surface area contributed by atoms with Gasteiger partial charge in [-0.15, -0.1) is 0 Å². The van der Waals surface area contributed by atoms with Crippen LogP contribution in [-0.2, 0) is 5.41 Å². The Hall–Kier alpha value is -0.740. The summed E-state index contributed by atoms with van der Waals surface area (Å²) in [6.07, 6.45) is 2.27. The van der Waals surface area contributed by atoms with Gasteiger partial charge in [-0.2, -0.15) is 0 Å². The lowest BCUT2D eigenvalue weighted by molar-refractivity contribution is 0.168. The average molecular weight is 312 g/mol. The van der Waals surface area contributed by atoms with Crippen molar-refractivity contribution in [1.29, 1.82) is 0 Å². The first-order valence-corrected chi connectivity index (χ1v) is 7.20. The number of fused-ring (bicyclic) bond motifs is 1. The van der Waals surface area contributed by atoms with E-state index >= 15 is 0 Å². The highest BCUT2D eigenvalue weighted by atomic mass is 79.9. The van der Waals surface area contributed by atoms with E-state index in [2.05, 4.69) is 29.8 Å². The van der Waals surface area contributed by atoms with Crippen LogP contribution in [0.5, 0.6) is 11.5 Å². The Bertz CT molecular complexity index is 495. The third-order valence-corrected chi connectivity index (χ3v) is 5.01. The van der Waals surface area contributed by atoms with E-state index in [-0.39, 0.29) is 11.5 Å². The third kappa shape index (κ3) is 1.66. The molecule has 0 saturated heterocycles. The maximum Gasteiger partial charge on any atom is 0.165 e. The van der Waals surface area contributed by atoms with Crippen molar-refractivity contribution >= 4 is 15.9 Å². The largest absolute Gasteiger partial charge is 0.486 e. The average Bonchev–Trinajstić information content (AvgIpc) is 3.12. The van der Waals surface area contributed by atoms with Crippen molar-refractivity contribution < 1.29 is 9.47 Å². The number of ether oxygens (including phenoxy) is 2.